The molecule has 4 saturated heterocycles. The minimum atomic E-state index is -4.86. The number of hydrogen-bond acceptors (Lipinski definition) is 12. The maximum Gasteiger partial charge on any atom is 0.267 e. The summed E-state index contributed by atoms with van der Waals surface area (Å²) in [5, 5.41) is 3.91. The van der Waals surface area contributed by atoms with Crippen LogP contribution in [0.1, 0.15) is 25.7 Å². The van der Waals surface area contributed by atoms with Crippen LogP contribution >= 0.6 is 11.3 Å². The summed E-state index contributed by atoms with van der Waals surface area (Å²) in [5.41, 5.74) is 0.105. The molecule has 4 aromatic rings. The molecule has 2 atom stereocenters. The summed E-state index contributed by atoms with van der Waals surface area (Å²) in [6.45, 7) is 3.11. The Bertz CT molecular complexity index is 2150. The molecule has 4 aliphatic heterocycles. The van der Waals surface area contributed by atoms with Crippen molar-refractivity contribution in [3.63, 3.8) is 0 Å². The molecule has 6 heterocycles. The monoisotopic (exact) mass is 761 g/mol. The highest BCUT2D eigenvalue weighted by Gasteiger charge is 2.44. The summed E-state index contributed by atoms with van der Waals surface area (Å²) in [5.74, 6) is -3.19. The molecular formula is C33H34F3N7O5S3. The number of halogens is 3. The molecule has 8 rings (SSSR count). The van der Waals surface area contributed by atoms with Gasteiger partial charge < -0.3 is 15.0 Å². The van der Waals surface area contributed by atoms with Crippen LogP contribution in [0, 0.1) is 17.5 Å². The molecule has 0 amide bonds. The fraction of sp³-hybridized carbons (Fsp3) is 0.424. The molecule has 4 fully saturated rings. The summed E-state index contributed by atoms with van der Waals surface area (Å²) in [4.78, 5) is 18.1. The Morgan fingerprint density at radius 2 is 1.57 bits per heavy atom. The third-order valence-electron chi connectivity index (χ3n) is 9.95. The molecule has 0 radical (unpaired) electrons. The van der Waals surface area contributed by atoms with E-state index in [9.17, 15) is 25.6 Å². The van der Waals surface area contributed by atoms with Gasteiger partial charge in [-0.05, 0) is 56.0 Å². The zero-order valence-electron chi connectivity index (χ0n) is 27.1. The maximum atomic E-state index is 16.5. The molecule has 12 nitrogen and oxygen atoms in total. The first kappa shape index (κ1) is 34.3. The van der Waals surface area contributed by atoms with Gasteiger partial charge in [0.1, 0.15) is 21.5 Å². The molecule has 4 aliphatic rings. The second-order valence-electron chi connectivity index (χ2n) is 13.3. The van der Waals surface area contributed by atoms with Crippen LogP contribution in [0.15, 0.2) is 53.6 Å². The van der Waals surface area contributed by atoms with E-state index in [4.69, 9.17) is 14.7 Å². The number of ether oxygens (including phenoxy) is 1. The Balaban J connectivity index is 1.17. The summed E-state index contributed by atoms with van der Waals surface area (Å²) in [7, 11) is -7.93. The molecule has 2 aromatic heterocycles. The van der Waals surface area contributed by atoms with Crippen LogP contribution in [0.4, 0.5) is 29.9 Å². The molecular weight excluding hydrogens is 728 g/mol. The number of aromatic nitrogens is 3. The Morgan fingerprint density at radius 1 is 0.882 bits per heavy atom. The zero-order chi connectivity index (χ0) is 35.5. The largest absolute Gasteiger partial charge is 0.378 e. The molecule has 2 N–H and O–H groups in total. The van der Waals surface area contributed by atoms with Crippen LogP contribution in [0.2, 0.25) is 0 Å². The topological polar surface area (TPSA) is 147 Å². The van der Waals surface area contributed by atoms with Gasteiger partial charge in [-0.25, -0.2) is 45.0 Å². The quantitative estimate of drug-likeness (QED) is 0.248. The first-order valence-corrected chi connectivity index (χ1v) is 20.7. The van der Waals surface area contributed by atoms with E-state index in [0.29, 0.717) is 47.8 Å². The van der Waals surface area contributed by atoms with Crippen molar-refractivity contribution in [2.75, 3.05) is 52.7 Å². The van der Waals surface area contributed by atoms with Crippen molar-refractivity contribution >= 4 is 48.0 Å². The van der Waals surface area contributed by atoms with Crippen LogP contribution in [0.25, 0.3) is 21.8 Å². The Kier molecular flexibility index (Phi) is 8.93. The van der Waals surface area contributed by atoms with E-state index in [-0.39, 0.29) is 46.8 Å². The van der Waals surface area contributed by atoms with Crippen molar-refractivity contribution in [2.45, 2.75) is 54.7 Å². The number of sulfonamides is 1. The average Bonchev–Trinajstić information content (AvgIpc) is 3.60. The van der Waals surface area contributed by atoms with E-state index < -0.39 is 47.9 Å². The summed E-state index contributed by atoms with van der Waals surface area (Å²) >= 11 is 1.34. The number of anilines is 3. The fourth-order valence-corrected chi connectivity index (χ4v) is 11.1. The summed E-state index contributed by atoms with van der Waals surface area (Å²) < 4.78 is 103. The van der Waals surface area contributed by atoms with Gasteiger partial charge in [-0.3, -0.25) is 9.62 Å². The lowest BCUT2D eigenvalue weighted by Crippen LogP contribution is -2.60. The van der Waals surface area contributed by atoms with E-state index in [1.54, 1.807) is 12.3 Å². The third kappa shape index (κ3) is 6.67. The number of rotatable bonds is 9. The van der Waals surface area contributed by atoms with Gasteiger partial charge >= 0.3 is 0 Å². The van der Waals surface area contributed by atoms with Crippen molar-refractivity contribution in [1.82, 2.24) is 19.9 Å². The smallest absolute Gasteiger partial charge is 0.267 e. The zero-order valence-corrected chi connectivity index (χ0v) is 29.6. The van der Waals surface area contributed by atoms with Crippen molar-refractivity contribution in [3.8, 4) is 21.8 Å². The first-order chi connectivity index (χ1) is 24.5. The van der Waals surface area contributed by atoms with Crippen LogP contribution in [0.5, 0.6) is 0 Å². The first-order valence-electron chi connectivity index (χ1n) is 16.6. The van der Waals surface area contributed by atoms with E-state index in [0.717, 1.165) is 44.1 Å². The van der Waals surface area contributed by atoms with Crippen molar-refractivity contribution < 1.29 is 34.7 Å². The normalized spacial score (nSPS) is 22.5. The molecule has 0 aliphatic carbocycles. The van der Waals surface area contributed by atoms with Gasteiger partial charge in [-0.2, -0.15) is 0 Å². The average molecular weight is 762 g/mol. The minimum Gasteiger partial charge on any atom is -0.378 e. The van der Waals surface area contributed by atoms with E-state index >= 15 is 4.39 Å². The number of thiazole rings is 1. The number of nitrogens with one attached hydrogen (secondary N) is 2. The van der Waals surface area contributed by atoms with Gasteiger partial charge in [-0.1, -0.05) is 23.5 Å². The van der Waals surface area contributed by atoms with Gasteiger partial charge in [0.15, 0.2) is 15.8 Å². The number of likely N-dealkylation sites (tertiary alicyclic amines) is 1. The molecule has 2 aromatic carbocycles. The SMILES string of the molecule is O=S1(=O)CCC(Nc2nccc(-c3sc(N4C5CCC4CN(C4COC4)C5)nc3-c3cccc(NS(=O)(=O)c4c(F)cccc4F)c3F)n2)CC1. The van der Waals surface area contributed by atoms with Crippen molar-refractivity contribution in [2.24, 2.45) is 0 Å². The standard InChI is InChI=1S/C33H34F3N7O5S3/c34-24-4-2-5-25(35)31(24)51(46,47)41-26-6-1-3-23(28(26)36)29-30(27-9-12-37-32(39-27)38-19-10-13-50(44,45)14-11-19)49-33(40-29)43-20-7-8-21(43)16-42(15-20)22-17-48-18-22/h1-6,9,12,19-22,41H,7-8,10-11,13-18H2,(H,37,38,39). The summed E-state index contributed by atoms with van der Waals surface area (Å²) in [6.07, 6.45) is 4.32. The lowest BCUT2D eigenvalue weighted by Gasteiger charge is -2.46. The van der Waals surface area contributed by atoms with Crippen LogP contribution in [-0.4, -0.2) is 98.7 Å². The number of hydrogen-bond donors (Lipinski definition) is 2. The van der Waals surface area contributed by atoms with Gasteiger partial charge in [0.25, 0.3) is 10.0 Å². The van der Waals surface area contributed by atoms with Crippen LogP contribution in [0.3, 0.4) is 0 Å². The predicted octanol–water partition coefficient (Wildman–Crippen LogP) is 4.53. The molecule has 51 heavy (non-hydrogen) atoms. The number of sulfone groups is 1. The second kappa shape index (κ2) is 13.3. The molecule has 0 spiro atoms. The van der Waals surface area contributed by atoms with Crippen LogP contribution < -0.4 is 14.9 Å². The van der Waals surface area contributed by atoms with E-state index in [1.165, 1.54) is 29.5 Å². The van der Waals surface area contributed by atoms with E-state index in [1.807, 2.05) is 4.72 Å². The lowest BCUT2D eigenvalue weighted by molar-refractivity contribution is -0.0704. The predicted molar refractivity (Wildman–Crippen MR) is 186 cm³/mol. The molecule has 0 saturated carbocycles. The number of benzene rings is 2. The lowest BCUT2D eigenvalue weighted by atomic mass is 10.1. The molecule has 18 heteroatoms. The molecule has 2 bridgehead atoms. The minimum absolute atomic E-state index is 0.0371. The third-order valence-corrected chi connectivity index (χ3v) is 14.2. The Morgan fingerprint density at radius 3 is 2.24 bits per heavy atom. The van der Waals surface area contributed by atoms with Gasteiger partial charge in [-0.15, -0.1) is 0 Å². The highest BCUT2D eigenvalue weighted by Crippen LogP contribution is 2.46. The van der Waals surface area contributed by atoms with Crippen molar-refractivity contribution in [3.05, 3.63) is 66.1 Å². The highest BCUT2D eigenvalue weighted by atomic mass is 32.2. The number of nitrogens with zero attached hydrogens (tertiary/aromatic N) is 5. The maximum absolute atomic E-state index is 16.5. The fourth-order valence-electron chi connectivity index (χ4n) is 7.26. The number of piperazine rings is 1. The summed E-state index contributed by atoms with van der Waals surface area (Å²) in [6, 6.07) is 9.00. The van der Waals surface area contributed by atoms with Crippen molar-refractivity contribution in [1.29, 1.82) is 0 Å². The second-order valence-corrected chi connectivity index (χ2v) is 18.2. The Hall–Kier alpha value is -3.84. The van der Waals surface area contributed by atoms with Gasteiger partial charge in [0, 0.05) is 43.0 Å². The van der Waals surface area contributed by atoms with E-state index in [2.05, 4.69) is 20.1 Å². The Labute approximate surface area is 297 Å². The van der Waals surface area contributed by atoms with Gasteiger partial charge in [0.05, 0.1) is 52.7 Å². The highest BCUT2D eigenvalue weighted by molar-refractivity contribution is 7.92. The molecule has 2 unspecified atom stereocenters. The van der Waals surface area contributed by atoms with Gasteiger partial charge in [0.2, 0.25) is 5.95 Å². The van der Waals surface area contributed by atoms with Crippen LogP contribution in [-0.2, 0) is 24.6 Å². The molecule has 270 valence electrons. The number of fused-ring (bicyclic) bond motifs is 2.